The topological polar surface area (TPSA) is 76.4 Å². The highest BCUT2D eigenvalue weighted by Gasteiger charge is 2.33. The molecule has 5 nitrogen and oxygen atoms in total. The maximum Gasteiger partial charge on any atom is 0.346 e. The first kappa shape index (κ1) is 13.7. The van der Waals surface area contributed by atoms with E-state index in [1.807, 2.05) is 6.07 Å². The minimum atomic E-state index is -0.608. The van der Waals surface area contributed by atoms with Crippen LogP contribution < -0.4 is 0 Å². The van der Waals surface area contributed by atoms with Gasteiger partial charge in [0.1, 0.15) is 9.81 Å². The van der Waals surface area contributed by atoms with Crippen LogP contribution in [0.5, 0.6) is 0 Å². The van der Waals surface area contributed by atoms with E-state index in [1.165, 1.54) is 14.2 Å². The third-order valence-electron chi connectivity index (χ3n) is 1.81. The summed E-state index contributed by atoms with van der Waals surface area (Å²) in [6.07, 6.45) is 0. The van der Waals surface area contributed by atoms with Crippen molar-refractivity contribution in [2.45, 2.75) is 6.92 Å². The Morgan fingerprint density at radius 1 is 1.12 bits per heavy atom. The molecular formula is C10H9NO4S2. The summed E-state index contributed by atoms with van der Waals surface area (Å²) >= 11 is 2.10. The molecule has 0 aliphatic carbocycles. The molecule has 1 rings (SSSR count). The Morgan fingerprint density at radius 3 is 1.82 bits per heavy atom. The van der Waals surface area contributed by atoms with Gasteiger partial charge in [0.05, 0.1) is 24.5 Å². The average Bonchev–Trinajstić information content (AvgIpc) is 2.80. The van der Waals surface area contributed by atoms with Gasteiger partial charge in [-0.2, -0.15) is 5.26 Å². The van der Waals surface area contributed by atoms with Crippen molar-refractivity contribution in [1.82, 2.24) is 0 Å². The number of esters is 2. The number of hydrogen-bond donors (Lipinski definition) is 0. The fourth-order valence-corrected chi connectivity index (χ4v) is 3.32. The number of methoxy groups -OCH3 is 2. The van der Waals surface area contributed by atoms with Crippen LogP contribution in [-0.4, -0.2) is 26.2 Å². The van der Waals surface area contributed by atoms with Gasteiger partial charge in [0, 0.05) is 5.57 Å². The minimum absolute atomic E-state index is 0.161. The van der Waals surface area contributed by atoms with Gasteiger partial charge in [0.2, 0.25) is 0 Å². The van der Waals surface area contributed by atoms with Crippen molar-refractivity contribution < 1.29 is 19.1 Å². The number of allylic oxidation sites excluding steroid dienone is 1. The molecule has 0 N–H and O–H groups in total. The molecule has 7 heteroatoms. The summed E-state index contributed by atoms with van der Waals surface area (Å²) < 4.78 is 9.74. The normalized spacial score (nSPS) is 14.4. The molecule has 0 spiro atoms. The highest BCUT2D eigenvalue weighted by Crippen LogP contribution is 2.51. The lowest BCUT2D eigenvalue weighted by Gasteiger charge is -2.00. The predicted octanol–water partition coefficient (Wildman–Crippen LogP) is 1.78. The molecule has 1 heterocycles. The zero-order chi connectivity index (χ0) is 13.0. The van der Waals surface area contributed by atoms with Gasteiger partial charge < -0.3 is 9.47 Å². The second-order valence-corrected chi connectivity index (χ2v) is 5.17. The quantitative estimate of drug-likeness (QED) is 0.559. The Hall–Kier alpha value is -1.39. The van der Waals surface area contributed by atoms with Crippen molar-refractivity contribution >= 4 is 35.5 Å². The summed E-state index contributed by atoms with van der Waals surface area (Å²) in [7, 11) is 2.46. The van der Waals surface area contributed by atoms with Crippen molar-refractivity contribution in [3.05, 3.63) is 19.6 Å². The van der Waals surface area contributed by atoms with Crippen LogP contribution in [0.4, 0.5) is 0 Å². The largest absolute Gasteiger partial charge is 0.465 e. The van der Waals surface area contributed by atoms with Crippen LogP contribution in [0.3, 0.4) is 0 Å². The monoisotopic (exact) mass is 271 g/mol. The Balaban J connectivity index is 3.14. The first-order valence-electron chi connectivity index (χ1n) is 4.42. The Labute approximate surface area is 107 Å². The maximum absolute atomic E-state index is 11.5. The van der Waals surface area contributed by atoms with Gasteiger partial charge in [-0.25, -0.2) is 9.59 Å². The first-order chi connectivity index (χ1) is 8.04. The summed E-state index contributed by atoms with van der Waals surface area (Å²) in [6, 6.07) is 1.97. The summed E-state index contributed by atoms with van der Waals surface area (Å²) in [5.74, 6) is -1.22. The van der Waals surface area contributed by atoms with Crippen molar-refractivity contribution in [3.8, 4) is 6.07 Å². The van der Waals surface area contributed by atoms with Gasteiger partial charge in [-0.3, -0.25) is 0 Å². The van der Waals surface area contributed by atoms with Crippen molar-refractivity contribution in [3.63, 3.8) is 0 Å². The van der Waals surface area contributed by atoms with Crippen LogP contribution in [0, 0.1) is 11.3 Å². The van der Waals surface area contributed by atoms with E-state index in [2.05, 4.69) is 9.47 Å². The summed E-state index contributed by atoms with van der Waals surface area (Å²) in [4.78, 5) is 23.3. The molecule has 0 bridgehead atoms. The van der Waals surface area contributed by atoms with Crippen LogP contribution in [0.2, 0.25) is 0 Å². The van der Waals surface area contributed by atoms with E-state index in [0.717, 1.165) is 23.5 Å². The third-order valence-corrected chi connectivity index (χ3v) is 4.57. The zero-order valence-corrected chi connectivity index (χ0v) is 11.0. The molecule has 90 valence electrons. The second kappa shape index (κ2) is 5.80. The number of nitriles is 1. The van der Waals surface area contributed by atoms with Crippen molar-refractivity contribution in [1.29, 1.82) is 5.26 Å². The van der Waals surface area contributed by atoms with Gasteiger partial charge in [0.25, 0.3) is 0 Å². The zero-order valence-electron chi connectivity index (χ0n) is 9.40. The van der Waals surface area contributed by atoms with Crippen LogP contribution in [0.15, 0.2) is 19.6 Å². The number of nitrogens with zero attached hydrogens (tertiary/aromatic N) is 1. The molecule has 0 aromatic rings. The number of thioether (sulfide) groups is 2. The average molecular weight is 271 g/mol. The maximum atomic E-state index is 11.5. The minimum Gasteiger partial charge on any atom is -0.465 e. The number of carbonyl (C=O) groups excluding carboxylic acids is 2. The van der Waals surface area contributed by atoms with E-state index < -0.39 is 11.9 Å². The molecule has 0 radical (unpaired) electrons. The SMILES string of the molecule is COC(=O)C1=C(C(=O)OC)SC(=C(C)C#N)S1. The number of carbonyl (C=O) groups is 2. The number of ether oxygens (including phenoxy) is 2. The standard InChI is InChI=1S/C10H9NO4S2/c1-5(4-11)10-16-6(8(12)14-2)7(17-10)9(13)15-3/h1-3H3. The molecule has 0 fully saturated rings. The smallest absolute Gasteiger partial charge is 0.346 e. The van der Waals surface area contributed by atoms with Crippen LogP contribution in [0.1, 0.15) is 6.92 Å². The molecule has 17 heavy (non-hydrogen) atoms. The van der Waals surface area contributed by atoms with Crippen molar-refractivity contribution in [2.75, 3.05) is 14.2 Å². The van der Waals surface area contributed by atoms with Gasteiger partial charge in [-0.15, -0.1) is 0 Å². The lowest BCUT2D eigenvalue weighted by Crippen LogP contribution is -2.08. The molecule has 0 aromatic carbocycles. The summed E-state index contributed by atoms with van der Waals surface area (Å²) in [5.41, 5.74) is 0.445. The number of rotatable bonds is 2. The second-order valence-electron chi connectivity index (χ2n) is 2.87. The van der Waals surface area contributed by atoms with E-state index in [9.17, 15) is 9.59 Å². The van der Waals surface area contributed by atoms with Gasteiger partial charge >= 0.3 is 11.9 Å². The molecule has 1 aliphatic heterocycles. The highest BCUT2D eigenvalue weighted by atomic mass is 32.2. The van der Waals surface area contributed by atoms with E-state index in [4.69, 9.17) is 5.26 Å². The first-order valence-corrected chi connectivity index (χ1v) is 6.06. The van der Waals surface area contributed by atoms with E-state index in [0.29, 0.717) is 9.81 Å². The van der Waals surface area contributed by atoms with Crippen LogP contribution in [-0.2, 0) is 19.1 Å². The number of hydrogen-bond acceptors (Lipinski definition) is 7. The van der Waals surface area contributed by atoms with Gasteiger partial charge in [-0.1, -0.05) is 23.5 Å². The fourth-order valence-electron chi connectivity index (χ4n) is 0.952. The fraction of sp³-hybridized carbons (Fsp3) is 0.300. The third kappa shape index (κ3) is 2.84. The van der Waals surface area contributed by atoms with Crippen molar-refractivity contribution in [2.24, 2.45) is 0 Å². The molecule has 1 aliphatic rings. The van der Waals surface area contributed by atoms with E-state index in [-0.39, 0.29) is 9.81 Å². The molecular weight excluding hydrogens is 262 g/mol. The summed E-state index contributed by atoms with van der Waals surface area (Å²) in [6.45, 7) is 1.62. The predicted molar refractivity (Wildman–Crippen MR) is 64.6 cm³/mol. The molecule has 0 saturated heterocycles. The van der Waals surface area contributed by atoms with Gasteiger partial charge in [-0.05, 0) is 6.92 Å². The molecule has 0 amide bonds. The molecule has 0 unspecified atom stereocenters. The van der Waals surface area contributed by atoms with Crippen LogP contribution >= 0.6 is 23.5 Å². The lowest BCUT2D eigenvalue weighted by molar-refractivity contribution is -0.138. The highest BCUT2D eigenvalue weighted by molar-refractivity contribution is 8.29. The summed E-state index contributed by atoms with van der Waals surface area (Å²) in [5, 5.41) is 8.77. The van der Waals surface area contributed by atoms with E-state index >= 15 is 0 Å². The van der Waals surface area contributed by atoms with E-state index in [1.54, 1.807) is 6.92 Å². The molecule has 0 atom stereocenters. The molecule has 0 aromatic heterocycles. The Kier molecular flexibility index (Phi) is 4.66. The lowest BCUT2D eigenvalue weighted by atomic mass is 10.4. The Morgan fingerprint density at radius 2 is 1.53 bits per heavy atom. The van der Waals surface area contributed by atoms with Gasteiger partial charge in [0.15, 0.2) is 0 Å². The molecule has 0 saturated carbocycles. The Bertz CT molecular complexity index is 443. The van der Waals surface area contributed by atoms with Crippen LogP contribution in [0.25, 0.3) is 0 Å².